The molecule has 0 aliphatic carbocycles. The van der Waals surface area contributed by atoms with Crippen LogP contribution in [0.1, 0.15) is 59.4 Å². The Kier molecular flexibility index (Phi) is 6.17. The van der Waals surface area contributed by atoms with Gasteiger partial charge >= 0.3 is 0 Å². The van der Waals surface area contributed by atoms with Crippen molar-refractivity contribution < 1.29 is 5.11 Å². The topological polar surface area (TPSA) is 20.2 Å². The van der Waals surface area contributed by atoms with E-state index in [1.807, 2.05) is 26.0 Å². The summed E-state index contributed by atoms with van der Waals surface area (Å²) in [6.45, 7) is 13.0. The van der Waals surface area contributed by atoms with E-state index in [2.05, 4.69) is 27.7 Å². The predicted octanol–water partition coefficient (Wildman–Crippen LogP) is 4.96. The highest BCUT2D eigenvalue weighted by Gasteiger charge is 2.24. The van der Waals surface area contributed by atoms with Crippen LogP contribution in [0.25, 0.3) is 0 Å². The lowest BCUT2D eigenvalue weighted by Crippen LogP contribution is -2.17. The van der Waals surface area contributed by atoms with E-state index in [0.717, 1.165) is 6.42 Å². The average Bonchev–Trinajstić information content (AvgIpc) is 2.23. The normalized spacial score (nSPS) is 12.6. The summed E-state index contributed by atoms with van der Waals surface area (Å²) in [4.78, 5) is 0. The molecule has 1 atom stereocenters. The Morgan fingerprint density at radius 3 is 1.81 bits per heavy atom. The summed E-state index contributed by atoms with van der Waals surface area (Å²) in [7, 11) is 0. The number of benzene rings is 1. The molecule has 1 nitrogen and oxygen atoms in total. The first-order valence-electron chi connectivity index (χ1n) is 6.24. The third-order valence-electron chi connectivity index (χ3n) is 2.75. The number of hydrogen-bond acceptors (Lipinski definition) is 1. The van der Waals surface area contributed by atoms with E-state index in [9.17, 15) is 5.11 Å². The second kappa shape index (κ2) is 6.57. The van der Waals surface area contributed by atoms with E-state index < -0.39 is 0 Å². The first-order valence-corrected chi connectivity index (χ1v) is 6.24. The van der Waals surface area contributed by atoms with E-state index in [0.29, 0.717) is 11.7 Å². The predicted molar refractivity (Wildman–Crippen MR) is 71.9 cm³/mol. The van der Waals surface area contributed by atoms with Crippen LogP contribution in [0.5, 0.6) is 5.75 Å². The van der Waals surface area contributed by atoms with Crippen molar-refractivity contribution in [1.82, 2.24) is 0 Å². The molecule has 1 rings (SSSR count). The van der Waals surface area contributed by atoms with Gasteiger partial charge in [0.15, 0.2) is 0 Å². The zero-order valence-electron chi connectivity index (χ0n) is 11.5. The fraction of sp³-hybridized carbons (Fsp3) is 0.600. The highest BCUT2D eigenvalue weighted by Crippen LogP contribution is 2.37. The van der Waals surface area contributed by atoms with Crippen molar-refractivity contribution in [2.75, 3.05) is 0 Å². The van der Waals surface area contributed by atoms with Gasteiger partial charge in [-0.15, -0.1) is 0 Å². The number of rotatable bonds is 2. The van der Waals surface area contributed by atoms with Gasteiger partial charge in [0.1, 0.15) is 5.75 Å². The van der Waals surface area contributed by atoms with Crippen LogP contribution in [0.2, 0.25) is 0 Å². The summed E-state index contributed by atoms with van der Waals surface area (Å²) in [5.41, 5.74) is 1.60. The van der Waals surface area contributed by atoms with Crippen molar-refractivity contribution in [1.29, 1.82) is 0 Å². The molecule has 1 aromatic rings. The molecule has 0 radical (unpaired) electrons. The average molecular weight is 222 g/mol. The van der Waals surface area contributed by atoms with Crippen LogP contribution in [-0.4, -0.2) is 5.11 Å². The van der Waals surface area contributed by atoms with Crippen LogP contribution in [0, 0.1) is 5.41 Å². The molecule has 0 fully saturated rings. The second-order valence-electron chi connectivity index (χ2n) is 4.92. The number of phenolic OH excluding ortho intramolecular Hbond substituents is 1. The third-order valence-corrected chi connectivity index (χ3v) is 2.75. The van der Waals surface area contributed by atoms with Gasteiger partial charge in [-0.1, -0.05) is 53.7 Å². The van der Waals surface area contributed by atoms with Crippen molar-refractivity contribution in [3.63, 3.8) is 0 Å². The molecule has 0 aliphatic heterocycles. The van der Waals surface area contributed by atoms with Gasteiger partial charge in [0.2, 0.25) is 0 Å². The number of phenols is 1. The lowest BCUT2D eigenvalue weighted by atomic mass is 9.75. The van der Waals surface area contributed by atoms with Crippen LogP contribution in [-0.2, 0) is 0 Å². The lowest BCUT2D eigenvalue weighted by Gasteiger charge is -2.30. The van der Waals surface area contributed by atoms with E-state index >= 15 is 0 Å². The van der Waals surface area contributed by atoms with Crippen LogP contribution in [0.15, 0.2) is 24.3 Å². The van der Waals surface area contributed by atoms with Crippen LogP contribution < -0.4 is 0 Å². The minimum atomic E-state index is 0.283. The summed E-state index contributed by atoms with van der Waals surface area (Å²) in [6, 6.07) is 7.58. The van der Waals surface area contributed by atoms with E-state index in [-0.39, 0.29) is 5.41 Å². The zero-order valence-corrected chi connectivity index (χ0v) is 11.5. The first kappa shape index (κ1) is 15.0. The molecule has 0 aromatic heterocycles. The Morgan fingerprint density at radius 1 is 1.06 bits per heavy atom. The highest BCUT2D eigenvalue weighted by atomic mass is 16.3. The van der Waals surface area contributed by atoms with Crippen molar-refractivity contribution in [2.24, 2.45) is 5.41 Å². The van der Waals surface area contributed by atoms with E-state index in [1.54, 1.807) is 12.1 Å². The Labute approximate surface area is 101 Å². The van der Waals surface area contributed by atoms with Crippen LogP contribution in [0.4, 0.5) is 0 Å². The van der Waals surface area contributed by atoms with Gasteiger partial charge < -0.3 is 5.11 Å². The molecular formula is C15H26O. The van der Waals surface area contributed by atoms with Gasteiger partial charge in [-0.25, -0.2) is 0 Å². The molecule has 0 aliphatic rings. The summed E-state index contributed by atoms with van der Waals surface area (Å²) >= 11 is 0. The smallest absolute Gasteiger partial charge is 0.115 e. The van der Waals surface area contributed by atoms with E-state index in [4.69, 9.17) is 0 Å². The molecule has 1 unspecified atom stereocenters. The number of aromatic hydroxyl groups is 1. The second-order valence-corrected chi connectivity index (χ2v) is 4.92. The molecule has 0 amide bonds. The Morgan fingerprint density at radius 2 is 1.50 bits per heavy atom. The fourth-order valence-corrected chi connectivity index (χ4v) is 2.05. The summed E-state index contributed by atoms with van der Waals surface area (Å²) < 4.78 is 0. The molecular weight excluding hydrogens is 196 g/mol. The molecule has 0 bridgehead atoms. The highest BCUT2D eigenvalue weighted by molar-refractivity contribution is 5.29. The molecule has 0 heterocycles. The molecule has 16 heavy (non-hydrogen) atoms. The number of hydrogen-bond donors (Lipinski definition) is 1. The molecule has 92 valence electrons. The summed E-state index contributed by atoms with van der Waals surface area (Å²) in [6.07, 6.45) is 1.13. The third kappa shape index (κ3) is 4.26. The zero-order chi connectivity index (χ0) is 12.8. The fourth-order valence-electron chi connectivity index (χ4n) is 2.05. The van der Waals surface area contributed by atoms with Crippen molar-refractivity contribution in [2.45, 2.75) is 53.9 Å². The quantitative estimate of drug-likeness (QED) is 0.750. The Hall–Kier alpha value is -0.980. The summed E-state index contributed by atoms with van der Waals surface area (Å²) in [5.74, 6) is 0.903. The van der Waals surface area contributed by atoms with Gasteiger partial charge in [-0.2, -0.15) is 0 Å². The molecule has 0 saturated carbocycles. The van der Waals surface area contributed by atoms with Crippen molar-refractivity contribution in [3.8, 4) is 5.75 Å². The monoisotopic (exact) mass is 222 g/mol. The maximum atomic E-state index is 9.21. The van der Waals surface area contributed by atoms with E-state index in [1.165, 1.54) is 5.56 Å². The van der Waals surface area contributed by atoms with Gasteiger partial charge in [-0.05, 0) is 35.4 Å². The maximum Gasteiger partial charge on any atom is 0.115 e. The lowest BCUT2D eigenvalue weighted by molar-refractivity contribution is 0.312. The SMILES string of the molecule is CC.CCC(c1ccc(O)cc1)C(C)(C)C. The Bertz CT molecular complexity index is 279. The molecule has 0 spiro atoms. The first-order chi connectivity index (χ1) is 7.45. The maximum absolute atomic E-state index is 9.21. The molecule has 0 saturated heterocycles. The minimum Gasteiger partial charge on any atom is -0.508 e. The molecule has 1 heteroatoms. The van der Waals surface area contributed by atoms with Gasteiger partial charge in [0, 0.05) is 0 Å². The Balaban J connectivity index is 0.00000106. The van der Waals surface area contributed by atoms with Gasteiger partial charge in [-0.3, -0.25) is 0 Å². The minimum absolute atomic E-state index is 0.283. The van der Waals surface area contributed by atoms with Crippen LogP contribution in [0.3, 0.4) is 0 Å². The van der Waals surface area contributed by atoms with Gasteiger partial charge in [0.25, 0.3) is 0 Å². The summed E-state index contributed by atoms with van der Waals surface area (Å²) in [5, 5.41) is 9.21. The standard InChI is InChI=1S/C13H20O.C2H6/c1-5-12(13(2,3)4)10-6-8-11(14)9-7-10;1-2/h6-9,12,14H,5H2,1-4H3;1-2H3. The molecule has 1 aromatic carbocycles. The largest absolute Gasteiger partial charge is 0.508 e. The van der Waals surface area contributed by atoms with Crippen molar-refractivity contribution >= 4 is 0 Å². The van der Waals surface area contributed by atoms with Crippen LogP contribution >= 0.6 is 0 Å². The molecule has 1 N–H and O–H groups in total. The van der Waals surface area contributed by atoms with Gasteiger partial charge in [0.05, 0.1) is 0 Å². The van der Waals surface area contributed by atoms with Crippen molar-refractivity contribution in [3.05, 3.63) is 29.8 Å².